The number of nitrogens with zero attached hydrogens (tertiary/aromatic N) is 3. The fourth-order valence-electron chi connectivity index (χ4n) is 2.27. The summed E-state index contributed by atoms with van der Waals surface area (Å²) in [5.41, 5.74) is 7.22. The molecule has 1 heterocycles. The molecule has 2 N–H and O–H groups in total. The molecule has 0 aliphatic heterocycles. The minimum atomic E-state index is -0.396. The van der Waals surface area contributed by atoms with Crippen molar-refractivity contribution in [2.24, 2.45) is 5.73 Å². The molecule has 1 aromatic heterocycles. The van der Waals surface area contributed by atoms with E-state index in [1.807, 2.05) is 6.07 Å². The van der Waals surface area contributed by atoms with E-state index in [1.165, 1.54) is 6.07 Å². The van der Waals surface area contributed by atoms with Crippen molar-refractivity contribution in [1.29, 1.82) is 0 Å². The van der Waals surface area contributed by atoms with Crippen molar-refractivity contribution in [3.63, 3.8) is 0 Å². The molecule has 0 unspecified atom stereocenters. The van der Waals surface area contributed by atoms with Crippen LogP contribution in [-0.4, -0.2) is 21.2 Å². The second kappa shape index (κ2) is 4.17. The predicted octanol–water partition coefficient (Wildman–Crippen LogP) is 1.77. The maximum atomic E-state index is 11.0. The van der Waals surface area contributed by atoms with Gasteiger partial charge in [-0.1, -0.05) is 12.1 Å². The van der Waals surface area contributed by atoms with E-state index in [2.05, 4.69) is 5.10 Å². The second-order valence-corrected chi connectivity index (χ2v) is 4.88. The monoisotopic (exact) mass is 258 g/mol. The van der Waals surface area contributed by atoms with Crippen LogP contribution >= 0.6 is 0 Å². The summed E-state index contributed by atoms with van der Waals surface area (Å²) in [6.45, 7) is 0.570. The number of benzene rings is 1. The molecule has 0 saturated heterocycles. The molecule has 0 amide bonds. The summed E-state index contributed by atoms with van der Waals surface area (Å²) in [5, 5.41) is 15.5. The van der Waals surface area contributed by atoms with Crippen molar-refractivity contribution in [2.75, 3.05) is 6.54 Å². The van der Waals surface area contributed by atoms with Crippen molar-refractivity contribution in [1.82, 2.24) is 9.78 Å². The third-order valence-electron chi connectivity index (χ3n) is 3.70. The van der Waals surface area contributed by atoms with E-state index in [0.717, 1.165) is 18.5 Å². The molecule has 0 radical (unpaired) electrons. The van der Waals surface area contributed by atoms with Crippen LogP contribution in [0.2, 0.25) is 0 Å². The van der Waals surface area contributed by atoms with Crippen LogP contribution < -0.4 is 5.73 Å². The number of rotatable bonds is 4. The Morgan fingerprint density at radius 2 is 2.11 bits per heavy atom. The summed E-state index contributed by atoms with van der Waals surface area (Å²) in [7, 11) is 0. The van der Waals surface area contributed by atoms with Crippen LogP contribution in [0.5, 0.6) is 0 Å². The molecular formula is C13H14N4O2. The average Bonchev–Trinajstić information content (AvgIpc) is 3.08. The lowest BCUT2D eigenvalue weighted by Gasteiger charge is -2.08. The van der Waals surface area contributed by atoms with Gasteiger partial charge in [0.2, 0.25) is 0 Å². The smallest absolute Gasteiger partial charge is 0.294 e. The highest BCUT2D eigenvalue weighted by atomic mass is 16.6. The second-order valence-electron chi connectivity index (χ2n) is 4.88. The number of nitrogens with two attached hydrogens (primary N) is 1. The molecule has 1 saturated carbocycles. The molecule has 1 fully saturated rings. The highest BCUT2D eigenvalue weighted by molar-refractivity contribution is 5.51. The van der Waals surface area contributed by atoms with Gasteiger partial charge in [-0.15, -0.1) is 0 Å². The minimum absolute atomic E-state index is 0.00515. The Bertz CT molecular complexity index is 631. The van der Waals surface area contributed by atoms with Gasteiger partial charge in [-0.3, -0.25) is 10.1 Å². The fraction of sp³-hybridized carbons (Fsp3) is 0.308. The number of para-hydroxylation sites is 2. The van der Waals surface area contributed by atoms with Crippen LogP contribution in [0.25, 0.3) is 5.69 Å². The van der Waals surface area contributed by atoms with E-state index < -0.39 is 4.92 Å². The SMILES string of the molecule is NCC1(c2ccn(-c3ccccc3[N+](=O)[O-])n2)CC1. The number of hydrogen-bond acceptors (Lipinski definition) is 4. The normalized spacial score (nSPS) is 16.3. The lowest BCUT2D eigenvalue weighted by molar-refractivity contribution is -0.384. The van der Waals surface area contributed by atoms with Crippen molar-refractivity contribution in [2.45, 2.75) is 18.3 Å². The van der Waals surface area contributed by atoms with Crippen LogP contribution in [0.15, 0.2) is 36.5 Å². The van der Waals surface area contributed by atoms with Gasteiger partial charge in [-0.05, 0) is 25.0 Å². The van der Waals surface area contributed by atoms with Crippen LogP contribution in [0.4, 0.5) is 5.69 Å². The number of hydrogen-bond donors (Lipinski definition) is 1. The van der Waals surface area contributed by atoms with E-state index in [-0.39, 0.29) is 11.1 Å². The Morgan fingerprint density at radius 3 is 2.74 bits per heavy atom. The Kier molecular flexibility index (Phi) is 2.60. The molecule has 0 spiro atoms. The van der Waals surface area contributed by atoms with Gasteiger partial charge in [0.05, 0.1) is 10.6 Å². The summed E-state index contributed by atoms with van der Waals surface area (Å²) in [5.74, 6) is 0. The van der Waals surface area contributed by atoms with Gasteiger partial charge in [-0.2, -0.15) is 5.10 Å². The molecule has 2 aromatic rings. The van der Waals surface area contributed by atoms with E-state index >= 15 is 0 Å². The maximum absolute atomic E-state index is 11.0. The lowest BCUT2D eigenvalue weighted by atomic mass is 10.0. The van der Waals surface area contributed by atoms with E-state index in [0.29, 0.717) is 12.2 Å². The van der Waals surface area contributed by atoms with Gasteiger partial charge in [0, 0.05) is 24.2 Å². The zero-order valence-corrected chi connectivity index (χ0v) is 10.3. The zero-order chi connectivity index (χ0) is 13.5. The standard InChI is InChI=1S/C13H14N4O2/c14-9-13(6-7-13)12-5-8-16(15-12)10-3-1-2-4-11(10)17(18)19/h1-5,8H,6-7,9,14H2. The Morgan fingerprint density at radius 1 is 1.37 bits per heavy atom. The first kappa shape index (κ1) is 11.9. The number of aromatic nitrogens is 2. The van der Waals surface area contributed by atoms with Crippen LogP contribution in [-0.2, 0) is 5.41 Å². The Balaban J connectivity index is 2.02. The molecule has 98 valence electrons. The highest BCUT2D eigenvalue weighted by Gasteiger charge is 2.45. The molecule has 1 aliphatic carbocycles. The summed E-state index contributed by atoms with van der Waals surface area (Å²) in [6.07, 6.45) is 3.84. The molecule has 0 bridgehead atoms. The molecule has 1 aliphatic rings. The summed E-state index contributed by atoms with van der Waals surface area (Å²) in [4.78, 5) is 10.6. The zero-order valence-electron chi connectivity index (χ0n) is 10.3. The minimum Gasteiger partial charge on any atom is -0.330 e. The molecule has 6 nitrogen and oxygen atoms in total. The maximum Gasteiger partial charge on any atom is 0.294 e. The summed E-state index contributed by atoms with van der Waals surface area (Å²) >= 11 is 0. The quantitative estimate of drug-likeness (QED) is 0.668. The summed E-state index contributed by atoms with van der Waals surface area (Å²) < 4.78 is 1.56. The predicted molar refractivity (Wildman–Crippen MR) is 70.2 cm³/mol. The molecule has 19 heavy (non-hydrogen) atoms. The average molecular weight is 258 g/mol. The topological polar surface area (TPSA) is 87.0 Å². The fourth-order valence-corrected chi connectivity index (χ4v) is 2.27. The first-order valence-corrected chi connectivity index (χ1v) is 6.16. The molecule has 0 atom stereocenters. The third-order valence-corrected chi connectivity index (χ3v) is 3.70. The molecule has 6 heteroatoms. The van der Waals surface area contributed by atoms with E-state index in [1.54, 1.807) is 29.1 Å². The number of nitro groups is 1. The van der Waals surface area contributed by atoms with Gasteiger partial charge in [0.1, 0.15) is 5.69 Å². The van der Waals surface area contributed by atoms with Crippen molar-refractivity contribution < 1.29 is 4.92 Å². The van der Waals surface area contributed by atoms with Gasteiger partial charge in [-0.25, -0.2) is 4.68 Å². The van der Waals surface area contributed by atoms with Crippen molar-refractivity contribution in [3.05, 3.63) is 52.3 Å². The largest absolute Gasteiger partial charge is 0.330 e. The van der Waals surface area contributed by atoms with Gasteiger partial charge < -0.3 is 5.73 Å². The Hall–Kier alpha value is -2.21. The van der Waals surface area contributed by atoms with Crippen molar-refractivity contribution in [3.8, 4) is 5.69 Å². The number of nitro benzene ring substituents is 1. The van der Waals surface area contributed by atoms with Crippen LogP contribution in [0, 0.1) is 10.1 Å². The van der Waals surface area contributed by atoms with Crippen LogP contribution in [0.1, 0.15) is 18.5 Å². The lowest BCUT2D eigenvalue weighted by Crippen LogP contribution is -2.20. The van der Waals surface area contributed by atoms with Gasteiger partial charge in [0.25, 0.3) is 5.69 Å². The molecule has 1 aromatic carbocycles. The molecular weight excluding hydrogens is 244 g/mol. The van der Waals surface area contributed by atoms with Crippen LogP contribution in [0.3, 0.4) is 0 Å². The summed E-state index contributed by atoms with van der Waals surface area (Å²) in [6, 6.07) is 8.48. The Labute approximate surface area is 110 Å². The third kappa shape index (κ3) is 1.90. The van der Waals surface area contributed by atoms with E-state index in [4.69, 9.17) is 5.73 Å². The first-order chi connectivity index (χ1) is 9.16. The van der Waals surface area contributed by atoms with Gasteiger partial charge >= 0.3 is 0 Å². The van der Waals surface area contributed by atoms with Crippen molar-refractivity contribution >= 4 is 5.69 Å². The van der Waals surface area contributed by atoms with Gasteiger partial charge in [0.15, 0.2) is 0 Å². The molecule has 3 rings (SSSR count). The highest BCUT2D eigenvalue weighted by Crippen LogP contribution is 2.46. The van der Waals surface area contributed by atoms with E-state index in [9.17, 15) is 10.1 Å². The first-order valence-electron chi connectivity index (χ1n) is 6.16.